The Balaban J connectivity index is 0.000000620. The van der Waals surface area contributed by atoms with Gasteiger partial charge in [-0.15, -0.1) is 0 Å². The van der Waals surface area contributed by atoms with Crippen molar-refractivity contribution in [2.24, 2.45) is 11.5 Å². The number of hydrogen-bond donors (Lipinski definition) is 8. The van der Waals surface area contributed by atoms with Gasteiger partial charge in [0.15, 0.2) is 0 Å². The van der Waals surface area contributed by atoms with Gasteiger partial charge in [0, 0.05) is 52.0 Å². The molecule has 14 nitrogen and oxygen atoms in total. The summed E-state index contributed by atoms with van der Waals surface area (Å²) in [6, 6.07) is 16.5. The fourth-order valence-corrected chi connectivity index (χ4v) is 4.07. The number of aliphatic hydroxyl groups is 2. The van der Waals surface area contributed by atoms with Crippen LogP contribution >= 0.6 is 9.90 Å². The van der Waals surface area contributed by atoms with Crippen molar-refractivity contribution < 1.29 is 49.1 Å². The van der Waals surface area contributed by atoms with E-state index in [4.69, 9.17) is 41.4 Å². The highest BCUT2D eigenvalue weighted by atomic mass is 31.0. The summed E-state index contributed by atoms with van der Waals surface area (Å²) in [4.78, 5) is 43.2. The second kappa shape index (κ2) is 24.7. The average Bonchev–Trinajstić information content (AvgIpc) is 3.01. The number of rotatable bonds is 8. The van der Waals surface area contributed by atoms with Crippen molar-refractivity contribution in [3.63, 3.8) is 0 Å². The number of nitrogens with two attached hydrogens (primary N) is 2. The fourth-order valence-electron chi connectivity index (χ4n) is 4.07. The van der Waals surface area contributed by atoms with E-state index in [1.165, 1.54) is 13.8 Å². The Morgan fingerprint density at radius 1 is 0.702 bits per heavy atom. The smallest absolute Gasteiger partial charge is 0.326 e. The molecule has 2 amide bonds. The van der Waals surface area contributed by atoms with Gasteiger partial charge < -0.3 is 52.0 Å². The number of aliphatic carboxylic acids is 2. The summed E-state index contributed by atoms with van der Waals surface area (Å²) in [6.07, 6.45) is 1.28. The minimum absolute atomic E-state index is 0. The molecule has 7 atom stereocenters. The molecule has 2 aliphatic heterocycles. The van der Waals surface area contributed by atoms with E-state index >= 15 is 0 Å². The van der Waals surface area contributed by atoms with Crippen molar-refractivity contribution in [1.82, 2.24) is 10.6 Å². The Morgan fingerprint density at radius 3 is 1.23 bits per heavy atom. The third-order valence-electron chi connectivity index (χ3n) is 6.67. The largest absolute Gasteiger partial charge is 0.480 e. The highest BCUT2D eigenvalue weighted by molar-refractivity contribution is 6.92. The maximum atomic E-state index is 10.8. The zero-order valence-corrected chi connectivity index (χ0v) is 28.4. The minimum Gasteiger partial charge on any atom is -0.480 e. The van der Waals surface area contributed by atoms with Crippen LogP contribution in [0.2, 0.25) is 0 Å². The van der Waals surface area contributed by atoms with Crippen LogP contribution in [0.15, 0.2) is 60.7 Å². The van der Waals surface area contributed by atoms with Crippen LogP contribution in [0.1, 0.15) is 37.8 Å². The van der Waals surface area contributed by atoms with Gasteiger partial charge in [-0.3, -0.25) is 9.59 Å². The van der Waals surface area contributed by atoms with E-state index < -0.39 is 36.2 Å². The van der Waals surface area contributed by atoms with Crippen LogP contribution in [0.3, 0.4) is 0 Å². The number of carboxylic acids is 2. The Morgan fingerprint density at radius 2 is 1.02 bits per heavy atom. The van der Waals surface area contributed by atoms with E-state index in [1.807, 2.05) is 60.7 Å². The third kappa shape index (κ3) is 20.4. The van der Waals surface area contributed by atoms with Crippen LogP contribution in [0.25, 0.3) is 0 Å². The normalized spacial score (nSPS) is 21.1. The summed E-state index contributed by atoms with van der Waals surface area (Å²) in [5.74, 6) is -2.71. The monoisotopic (exact) mass is 682 g/mol. The van der Waals surface area contributed by atoms with Gasteiger partial charge in [0.05, 0.1) is 25.4 Å². The number of ether oxygens (including phenoxy) is 2. The molecule has 0 bridgehead atoms. The summed E-state index contributed by atoms with van der Waals surface area (Å²) in [7, 11) is 0. The van der Waals surface area contributed by atoms with E-state index in [2.05, 4.69) is 10.6 Å². The predicted octanol–water partition coefficient (Wildman–Crippen LogP) is -0.115. The summed E-state index contributed by atoms with van der Waals surface area (Å²) in [5.41, 5.74) is 12.7. The number of carbonyl (C=O) groups excluding carboxylic acids is 2. The fraction of sp³-hybridized carbons (Fsp3) is 0.500. The van der Waals surface area contributed by atoms with Gasteiger partial charge in [-0.1, -0.05) is 60.7 Å². The van der Waals surface area contributed by atoms with Crippen molar-refractivity contribution in [3.05, 3.63) is 71.8 Å². The number of hydrogen-bond acceptors (Lipinski definition) is 10. The zero-order valence-electron chi connectivity index (χ0n) is 27.0. The SMILES string of the molecule is CC(=O)N[C@H](Cc1ccccc1)C(=O)O.CC(=O)N[C@H](Cc1ccccc1)C(=O)O.NC1CCOCC1O.N[C@H]1CCOC[C@@H]1O.P. The molecule has 2 saturated heterocycles. The van der Waals surface area contributed by atoms with Crippen molar-refractivity contribution in [2.75, 3.05) is 26.4 Å². The van der Waals surface area contributed by atoms with E-state index in [9.17, 15) is 19.2 Å². The molecule has 15 heteroatoms. The van der Waals surface area contributed by atoms with Crippen LogP contribution < -0.4 is 22.1 Å². The number of benzene rings is 2. The highest BCUT2D eigenvalue weighted by Crippen LogP contribution is 2.06. The second-order valence-electron chi connectivity index (χ2n) is 10.8. The summed E-state index contributed by atoms with van der Waals surface area (Å²) < 4.78 is 9.84. The van der Waals surface area contributed by atoms with Crippen LogP contribution in [0.5, 0.6) is 0 Å². The van der Waals surface area contributed by atoms with Gasteiger partial charge in [0.25, 0.3) is 0 Å². The average molecular weight is 683 g/mol. The van der Waals surface area contributed by atoms with Gasteiger partial charge in [-0.25, -0.2) is 9.59 Å². The zero-order chi connectivity index (χ0) is 34.5. The van der Waals surface area contributed by atoms with E-state index in [-0.39, 0.29) is 33.8 Å². The lowest BCUT2D eigenvalue weighted by Gasteiger charge is -2.23. The van der Waals surface area contributed by atoms with Crippen LogP contribution in [0, 0.1) is 0 Å². The molecule has 3 unspecified atom stereocenters. The van der Waals surface area contributed by atoms with Crippen LogP contribution in [-0.4, -0.2) is 107 Å². The van der Waals surface area contributed by atoms with Gasteiger partial charge in [0.2, 0.25) is 11.8 Å². The molecular formula is C32H51N4O10P. The Bertz CT molecular complexity index is 1070. The molecule has 0 radical (unpaired) electrons. The number of amides is 2. The summed E-state index contributed by atoms with van der Waals surface area (Å²) in [5, 5.41) is 40.4. The van der Waals surface area contributed by atoms with Gasteiger partial charge in [-0.05, 0) is 24.0 Å². The van der Waals surface area contributed by atoms with Crippen molar-refractivity contribution in [1.29, 1.82) is 0 Å². The minimum atomic E-state index is -1.02. The predicted molar refractivity (Wildman–Crippen MR) is 181 cm³/mol. The molecule has 0 saturated carbocycles. The molecule has 2 aromatic rings. The number of carbonyl (C=O) groups is 4. The lowest BCUT2D eigenvalue weighted by molar-refractivity contribution is -0.141. The van der Waals surface area contributed by atoms with E-state index in [0.717, 1.165) is 24.0 Å². The quantitative estimate of drug-likeness (QED) is 0.170. The van der Waals surface area contributed by atoms with Crippen LogP contribution in [0.4, 0.5) is 0 Å². The second-order valence-corrected chi connectivity index (χ2v) is 10.8. The molecule has 2 heterocycles. The van der Waals surface area contributed by atoms with Crippen LogP contribution in [-0.2, 0) is 41.5 Å². The number of aliphatic hydroxyl groups excluding tert-OH is 2. The molecule has 2 aromatic carbocycles. The summed E-state index contributed by atoms with van der Waals surface area (Å²) in [6.45, 7) is 4.81. The molecule has 264 valence electrons. The lowest BCUT2D eigenvalue weighted by Crippen LogP contribution is -2.42. The molecule has 4 rings (SSSR count). The van der Waals surface area contributed by atoms with E-state index in [1.54, 1.807) is 0 Å². The number of nitrogens with one attached hydrogen (secondary N) is 2. The first-order chi connectivity index (χ1) is 21.8. The Kier molecular flexibility index (Phi) is 22.8. The first-order valence-corrected chi connectivity index (χ1v) is 14.9. The van der Waals surface area contributed by atoms with Crippen molar-refractivity contribution in [2.45, 2.75) is 75.9 Å². The van der Waals surface area contributed by atoms with Gasteiger partial charge in [-0.2, -0.15) is 9.90 Å². The van der Waals surface area contributed by atoms with Gasteiger partial charge >= 0.3 is 11.9 Å². The van der Waals surface area contributed by atoms with E-state index in [0.29, 0.717) is 39.3 Å². The molecular weight excluding hydrogens is 631 g/mol. The molecule has 0 aliphatic carbocycles. The maximum absolute atomic E-state index is 10.8. The number of carboxylic acid groups (broad SMARTS) is 2. The van der Waals surface area contributed by atoms with Gasteiger partial charge in [0.1, 0.15) is 12.1 Å². The van der Waals surface area contributed by atoms with Crippen molar-refractivity contribution >= 4 is 33.7 Å². The first-order valence-electron chi connectivity index (χ1n) is 14.9. The molecule has 0 aromatic heterocycles. The topological polar surface area (TPSA) is 244 Å². The third-order valence-corrected chi connectivity index (χ3v) is 6.67. The molecule has 2 fully saturated rings. The summed E-state index contributed by atoms with van der Waals surface area (Å²) >= 11 is 0. The molecule has 2 aliphatic rings. The first kappa shape index (κ1) is 43.5. The lowest BCUT2D eigenvalue weighted by atomic mass is 10.1. The molecule has 0 spiro atoms. The molecule has 47 heavy (non-hydrogen) atoms. The Hall–Kier alpha value is -3.49. The van der Waals surface area contributed by atoms with Crippen molar-refractivity contribution in [3.8, 4) is 0 Å². The maximum Gasteiger partial charge on any atom is 0.326 e. The Labute approximate surface area is 278 Å². The highest BCUT2D eigenvalue weighted by Gasteiger charge is 2.20. The standard InChI is InChI=1S/2C11H13NO3.2C5H11NO2.H3P/c2*1-8(13)12-10(11(14)15)7-9-5-3-2-4-6-9;2*6-4-1-2-8-3-5(4)7;/h2*2-6,10H,7H2,1H3,(H,12,13)(H,14,15);2*4-5,7H,1-3,6H2;1H3/t2*10-;4-,5-;;/m110../s1. The molecule has 10 N–H and O–H groups in total.